The molecule has 48 heavy (non-hydrogen) atoms. The van der Waals surface area contributed by atoms with Crippen LogP contribution in [0.15, 0.2) is 67.5 Å². The lowest BCUT2D eigenvalue weighted by Gasteiger charge is -2.38. The van der Waals surface area contributed by atoms with Crippen molar-refractivity contribution in [3.8, 4) is 22.8 Å². The lowest BCUT2D eigenvalue weighted by atomic mass is 9.90. The van der Waals surface area contributed by atoms with Crippen LogP contribution in [0, 0.1) is 0 Å². The summed E-state index contributed by atoms with van der Waals surface area (Å²) < 4.78 is 21.5. The normalized spacial score (nSPS) is 19.1. The molecule has 250 valence electrons. The number of pyridine rings is 1. The van der Waals surface area contributed by atoms with Gasteiger partial charge in [-0.05, 0) is 72.9 Å². The average Bonchev–Trinajstić information content (AvgIpc) is 3.79. The highest BCUT2D eigenvalue weighted by molar-refractivity contribution is 6.32. The maximum Gasteiger partial charge on any atom is 0.257 e. The van der Waals surface area contributed by atoms with E-state index in [1.165, 1.54) is 0 Å². The molecule has 1 aliphatic heterocycles. The van der Waals surface area contributed by atoms with Crippen LogP contribution in [0.25, 0.3) is 11.1 Å². The third kappa shape index (κ3) is 7.89. The Morgan fingerprint density at radius 3 is 2.56 bits per heavy atom. The molecule has 1 saturated carbocycles. The minimum Gasteiger partial charge on any atom is -0.487 e. The van der Waals surface area contributed by atoms with E-state index in [0.29, 0.717) is 47.5 Å². The molecule has 14 nitrogen and oxygen atoms in total. The van der Waals surface area contributed by atoms with E-state index in [1.807, 2.05) is 48.1 Å². The molecule has 1 N–H and O–H groups in total. The molecule has 1 aromatic carbocycles. The number of nitrogens with one attached hydrogen (secondary N) is 1. The van der Waals surface area contributed by atoms with Crippen molar-refractivity contribution < 1.29 is 14.2 Å². The van der Waals surface area contributed by atoms with E-state index in [-0.39, 0.29) is 12.1 Å². The van der Waals surface area contributed by atoms with Crippen LogP contribution < -0.4 is 14.8 Å². The third-order valence-electron chi connectivity index (χ3n) is 8.71. The molecule has 5 heterocycles. The lowest BCUT2D eigenvalue weighted by molar-refractivity contribution is 0.00502. The fraction of sp³-hybridized carbons (Fsp3) is 0.424. The Labute approximate surface area is 283 Å². The Balaban J connectivity index is 1.04. The van der Waals surface area contributed by atoms with Gasteiger partial charge in [-0.3, -0.25) is 14.6 Å². The molecule has 0 radical (unpaired) electrons. The number of nitrogens with zero attached hydrogens (tertiary/aromatic N) is 10. The van der Waals surface area contributed by atoms with Crippen molar-refractivity contribution in [3.05, 3.63) is 78.2 Å². The summed E-state index contributed by atoms with van der Waals surface area (Å²) in [6.07, 6.45) is 13.0. The molecule has 5 aromatic rings. The van der Waals surface area contributed by atoms with Gasteiger partial charge in [-0.1, -0.05) is 23.7 Å². The number of halogens is 1. The van der Waals surface area contributed by atoms with Gasteiger partial charge in [0.2, 0.25) is 5.95 Å². The van der Waals surface area contributed by atoms with Crippen LogP contribution in [-0.2, 0) is 17.9 Å². The maximum absolute atomic E-state index is 6.46. The molecule has 0 amide bonds. The first-order valence-corrected chi connectivity index (χ1v) is 16.7. The second-order valence-corrected chi connectivity index (χ2v) is 12.5. The SMILES string of the molecule is CC(Cn1cnnn1)Oc1cc(-c2cnc(Nc3cn(C4CCC(N5CCOCC5)CC4)nc3OCc3ccccn3)nc2)ccc1Cl. The zero-order chi connectivity index (χ0) is 32.7. The second kappa shape index (κ2) is 15.0. The molecule has 2 fully saturated rings. The van der Waals surface area contributed by atoms with Gasteiger partial charge in [0.15, 0.2) is 0 Å². The predicted molar refractivity (Wildman–Crippen MR) is 178 cm³/mol. The number of hydrogen-bond acceptors (Lipinski definition) is 12. The summed E-state index contributed by atoms with van der Waals surface area (Å²) in [7, 11) is 0. The van der Waals surface area contributed by atoms with Crippen LogP contribution in [-0.4, -0.2) is 88.3 Å². The largest absolute Gasteiger partial charge is 0.487 e. The van der Waals surface area contributed by atoms with Crippen LogP contribution in [0.2, 0.25) is 5.02 Å². The van der Waals surface area contributed by atoms with E-state index >= 15 is 0 Å². The Kier molecular flexibility index (Phi) is 10.0. The minimum absolute atomic E-state index is 0.209. The van der Waals surface area contributed by atoms with Gasteiger partial charge in [0.25, 0.3) is 5.88 Å². The van der Waals surface area contributed by atoms with E-state index in [4.69, 9.17) is 30.9 Å². The van der Waals surface area contributed by atoms with Crippen LogP contribution >= 0.6 is 11.6 Å². The van der Waals surface area contributed by atoms with Crippen molar-refractivity contribution in [2.75, 3.05) is 31.6 Å². The van der Waals surface area contributed by atoms with E-state index in [9.17, 15) is 0 Å². The van der Waals surface area contributed by atoms with E-state index in [1.54, 1.807) is 35.7 Å². The summed E-state index contributed by atoms with van der Waals surface area (Å²) in [6, 6.07) is 12.2. The first kappa shape index (κ1) is 31.9. The first-order chi connectivity index (χ1) is 23.6. The molecule has 15 heteroatoms. The maximum atomic E-state index is 6.46. The smallest absolute Gasteiger partial charge is 0.257 e. The topological polar surface area (TPSA) is 143 Å². The quantitative estimate of drug-likeness (QED) is 0.191. The number of hydrogen-bond donors (Lipinski definition) is 1. The number of rotatable bonds is 12. The number of morpholine rings is 1. The zero-order valence-electron chi connectivity index (χ0n) is 26.7. The highest BCUT2D eigenvalue weighted by Crippen LogP contribution is 2.35. The number of ether oxygens (including phenoxy) is 3. The van der Waals surface area contributed by atoms with Gasteiger partial charge < -0.3 is 19.5 Å². The van der Waals surface area contributed by atoms with Gasteiger partial charge in [0, 0.05) is 43.3 Å². The molecule has 1 atom stereocenters. The van der Waals surface area contributed by atoms with E-state index < -0.39 is 0 Å². The van der Waals surface area contributed by atoms with Gasteiger partial charge in [0.1, 0.15) is 30.5 Å². The van der Waals surface area contributed by atoms with Crippen molar-refractivity contribution in [2.24, 2.45) is 0 Å². The monoisotopic (exact) mass is 671 g/mol. The summed E-state index contributed by atoms with van der Waals surface area (Å²) in [6.45, 7) is 6.40. The van der Waals surface area contributed by atoms with Crippen molar-refractivity contribution in [1.82, 2.24) is 49.8 Å². The summed E-state index contributed by atoms with van der Waals surface area (Å²) >= 11 is 6.46. The molecule has 7 rings (SSSR count). The zero-order valence-corrected chi connectivity index (χ0v) is 27.5. The van der Waals surface area contributed by atoms with Crippen LogP contribution in [0.1, 0.15) is 44.3 Å². The van der Waals surface area contributed by atoms with E-state index in [2.05, 4.69) is 40.7 Å². The van der Waals surface area contributed by atoms with Gasteiger partial charge >= 0.3 is 0 Å². The molecule has 0 bridgehead atoms. The second-order valence-electron chi connectivity index (χ2n) is 12.1. The molecule has 2 aliphatic rings. The average molecular weight is 672 g/mol. The molecule has 0 spiro atoms. The van der Waals surface area contributed by atoms with Crippen molar-refractivity contribution in [3.63, 3.8) is 0 Å². The predicted octanol–water partition coefficient (Wildman–Crippen LogP) is 4.98. The summed E-state index contributed by atoms with van der Waals surface area (Å²) in [5.41, 5.74) is 3.21. The van der Waals surface area contributed by atoms with Crippen molar-refractivity contribution >= 4 is 23.2 Å². The number of aromatic nitrogens is 9. The van der Waals surface area contributed by atoms with Gasteiger partial charge in [-0.2, -0.15) is 0 Å². The van der Waals surface area contributed by atoms with Gasteiger partial charge in [0.05, 0.1) is 42.7 Å². The molecule has 1 saturated heterocycles. The first-order valence-electron chi connectivity index (χ1n) is 16.3. The summed E-state index contributed by atoms with van der Waals surface area (Å²) in [5, 5.41) is 20.0. The molecule has 1 aliphatic carbocycles. The molecular weight excluding hydrogens is 634 g/mol. The summed E-state index contributed by atoms with van der Waals surface area (Å²) in [4.78, 5) is 16.2. The fourth-order valence-corrected chi connectivity index (χ4v) is 6.39. The highest BCUT2D eigenvalue weighted by atomic mass is 35.5. The van der Waals surface area contributed by atoms with Crippen molar-refractivity contribution in [1.29, 1.82) is 0 Å². The molecular formula is C33H38ClN11O3. The molecule has 4 aromatic heterocycles. The third-order valence-corrected chi connectivity index (χ3v) is 9.02. The summed E-state index contributed by atoms with van der Waals surface area (Å²) in [5.74, 6) is 1.47. The van der Waals surface area contributed by atoms with Crippen LogP contribution in [0.4, 0.5) is 11.6 Å². The number of anilines is 2. The Morgan fingerprint density at radius 2 is 1.81 bits per heavy atom. The van der Waals surface area contributed by atoms with Gasteiger partial charge in [-0.15, -0.1) is 10.2 Å². The van der Waals surface area contributed by atoms with Gasteiger partial charge in [-0.25, -0.2) is 14.6 Å². The van der Waals surface area contributed by atoms with E-state index in [0.717, 1.165) is 68.8 Å². The van der Waals surface area contributed by atoms with Crippen molar-refractivity contribution in [2.45, 2.75) is 63.9 Å². The molecule has 1 unspecified atom stereocenters. The van der Waals surface area contributed by atoms with Crippen LogP contribution in [0.3, 0.4) is 0 Å². The fourth-order valence-electron chi connectivity index (χ4n) is 6.23. The standard InChI is InChI=1S/C33H38ClN11O3/c1-23(19-44-22-38-41-42-44)48-31-16-24(5-10-29(31)34)25-17-36-33(37-18-25)39-30-20-45(40-32(30)47-21-26-4-2-3-11-35-26)28-8-6-27(7-9-28)43-12-14-46-15-13-43/h2-5,10-11,16-18,20,22-23,27-28H,6-9,12-15,19,21H2,1H3,(H,36,37,39). The number of tetrazole rings is 1. The Morgan fingerprint density at radius 1 is 1.00 bits per heavy atom. The van der Waals surface area contributed by atoms with Crippen LogP contribution in [0.5, 0.6) is 11.6 Å². The highest BCUT2D eigenvalue weighted by Gasteiger charge is 2.29. The Hall–Kier alpha value is -4.66. The Bertz CT molecular complexity index is 1740. The number of benzene rings is 1. The lowest BCUT2D eigenvalue weighted by Crippen LogP contribution is -2.45. The minimum atomic E-state index is -0.209.